The number of anilines is 3. The third-order valence-corrected chi connectivity index (χ3v) is 5.12. The molecule has 9 nitrogen and oxygen atoms in total. The minimum absolute atomic E-state index is 0.00393. The maximum Gasteiger partial charge on any atom is 0.410 e. The summed E-state index contributed by atoms with van der Waals surface area (Å²) in [5.74, 6) is -1.83. The van der Waals surface area contributed by atoms with Crippen LogP contribution in [0.2, 0.25) is 5.02 Å². The van der Waals surface area contributed by atoms with E-state index in [-0.39, 0.29) is 27.8 Å². The van der Waals surface area contributed by atoms with Gasteiger partial charge in [0, 0.05) is 18.4 Å². The number of carbonyl (C=O) groups excluding carboxylic acids is 3. The third kappa shape index (κ3) is 5.89. The summed E-state index contributed by atoms with van der Waals surface area (Å²) in [6.45, 7) is 5.59. The van der Waals surface area contributed by atoms with Gasteiger partial charge in [0.25, 0.3) is 5.91 Å². The van der Waals surface area contributed by atoms with Crippen LogP contribution in [0, 0.1) is 5.82 Å². The van der Waals surface area contributed by atoms with E-state index in [2.05, 4.69) is 15.6 Å². The minimum atomic E-state index is -0.786. The molecule has 1 atom stereocenters. The van der Waals surface area contributed by atoms with Gasteiger partial charge in [-0.05, 0) is 57.9 Å². The molecule has 0 aliphatic carbocycles. The predicted molar refractivity (Wildman–Crippen MR) is 123 cm³/mol. The molecule has 4 N–H and O–H groups in total. The number of nitrogens with one attached hydrogen (secondary N) is 2. The number of hydrogen-bond donors (Lipinski definition) is 3. The highest BCUT2D eigenvalue weighted by molar-refractivity contribution is 6.31. The number of nitrogens with two attached hydrogens (primary N) is 1. The Kier molecular flexibility index (Phi) is 7.06. The Morgan fingerprint density at radius 1 is 1.24 bits per heavy atom. The highest BCUT2D eigenvalue weighted by atomic mass is 35.5. The van der Waals surface area contributed by atoms with Crippen molar-refractivity contribution in [2.45, 2.75) is 45.3 Å². The molecule has 33 heavy (non-hydrogen) atoms. The van der Waals surface area contributed by atoms with E-state index in [1.807, 2.05) is 0 Å². The summed E-state index contributed by atoms with van der Waals surface area (Å²) in [5.41, 5.74) is 5.53. The Balaban J connectivity index is 1.79. The van der Waals surface area contributed by atoms with Gasteiger partial charge in [-0.3, -0.25) is 14.5 Å². The molecule has 176 valence electrons. The van der Waals surface area contributed by atoms with Crippen LogP contribution >= 0.6 is 11.6 Å². The molecular formula is C22H25ClFN5O4. The summed E-state index contributed by atoms with van der Waals surface area (Å²) in [4.78, 5) is 43.7. The van der Waals surface area contributed by atoms with Crippen LogP contribution in [0.4, 0.5) is 26.4 Å². The van der Waals surface area contributed by atoms with Crippen LogP contribution in [0.3, 0.4) is 0 Å². The molecule has 2 heterocycles. The average molecular weight is 478 g/mol. The van der Waals surface area contributed by atoms with Crippen LogP contribution < -0.4 is 16.4 Å². The average Bonchev–Trinajstić information content (AvgIpc) is 3.21. The molecule has 3 amide bonds. The van der Waals surface area contributed by atoms with Crippen molar-refractivity contribution < 1.29 is 23.5 Å². The van der Waals surface area contributed by atoms with Gasteiger partial charge in [-0.15, -0.1) is 0 Å². The molecule has 0 spiro atoms. The van der Waals surface area contributed by atoms with Crippen LogP contribution in [0.5, 0.6) is 0 Å². The number of benzene rings is 1. The number of nitrogen functional groups attached to an aromatic ring is 1. The van der Waals surface area contributed by atoms with Crippen LogP contribution in [0.25, 0.3) is 0 Å². The van der Waals surface area contributed by atoms with E-state index in [4.69, 9.17) is 22.1 Å². The number of halogens is 2. The van der Waals surface area contributed by atoms with E-state index in [1.54, 1.807) is 20.8 Å². The highest BCUT2D eigenvalue weighted by Crippen LogP contribution is 2.27. The zero-order valence-electron chi connectivity index (χ0n) is 18.4. The molecule has 0 radical (unpaired) electrons. The molecule has 11 heteroatoms. The molecule has 1 aromatic heterocycles. The molecule has 1 aliphatic heterocycles. The SMILES string of the molecule is CC(C)(C)OC(=O)N1CCCC1C(=O)Nc1c(C(=O)Nc2ccc(F)c(Cl)c2)ccnc1N. The number of amides is 3. The van der Waals surface area contributed by atoms with Gasteiger partial charge in [0.05, 0.1) is 16.3 Å². The van der Waals surface area contributed by atoms with E-state index < -0.39 is 35.4 Å². The van der Waals surface area contributed by atoms with Crippen molar-refractivity contribution in [2.75, 3.05) is 22.9 Å². The van der Waals surface area contributed by atoms with Crippen LogP contribution in [0.15, 0.2) is 30.5 Å². The maximum absolute atomic E-state index is 13.4. The second-order valence-corrected chi connectivity index (χ2v) is 8.93. The monoisotopic (exact) mass is 477 g/mol. The fraction of sp³-hybridized carbons (Fsp3) is 0.364. The Morgan fingerprint density at radius 3 is 2.64 bits per heavy atom. The normalized spacial score (nSPS) is 15.8. The summed E-state index contributed by atoms with van der Waals surface area (Å²) >= 11 is 5.76. The van der Waals surface area contributed by atoms with Crippen molar-refractivity contribution in [3.05, 3.63) is 46.9 Å². The minimum Gasteiger partial charge on any atom is -0.444 e. The van der Waals surface area contributed by atoms with Crippen LogP contribution in [-0.4, -0.2) is 46.0 Å². The molecule has 0 saturated carbocycles. The molecule has 1 fully saturated rings. The van der Waals surface area contributed by atoms with E-state index in [0.29, 0.717) is 19.4 Å². The van der Waals surface area contributed by atoms with E-state index in [1.165, 1.54) is 29.3 Å². The van der Waals surface area contributed by atoms with Gasteiger partial charge >= 0.3 is 6.09 Å². The molecule has 1 aliphatic rings. The van der Waals surface area contributed by atoms with Gasteiger partial charge in [-0.25, -0.2) is 14.2 Å². The number of hydrogen-bond acceptors (Lipinski definition) is 6. The molecule has 1 aromatic carbocycles. The summed E-state index contributed by atoms with van der Waals surface area (Å²) in [5, 5.41) is 5.06. The number of rotatable bonds is 4. The Hall–Kier alpha value is -3.40. The number of aromatic nitrogens is 1. The van der Waals surface area contributed by atoms with Gasteiger partial charge in [0.15, 0.2) is 0 Å². The number of likely N-dealkylation sites (tertiary alicyclic amines) is 1. The molecule has 3 rings (SSSR count). The van der Waals surface area contributed by atoms with Crippen molar-refractivity contribution in [3.8, 4) is 0 Å². The largest absolute Gasteiger partial charge is 0.444 e. The topological polar surface area (TPSA) is 127 Å². The first-order valence-corrected chi connectivity index (χ1v) is 10.7. The molecule has 1 saturated heterocycles. The van der Waals surface area contributed by atoms with E-state index >= 15 is 0 Å². The van der Waals surface area contributed by atoms with Gasteiger partial charge in [-0.1, -0.05) is 11.6 Å². The lowest BCUT2D eigenvalue weighted by molar-refractivity contribution is -0.120. The first-order valence-electron chi connectivity index (χ1n) is 10.3. The molecular weight excluding hydrogens is 453 g/mol. The summed E-state index contributed by atoms with van der Waals surface area (Å²) in [6, 6.07) is 4.32. The summed E-state index contributed by atoms with van der Waals surface area (Å²) < 4.78 is 18.8. The first kappa shape index (κ1) is 24.2. The van der Waals surface area contributed by atoms with Crippen molar-refractivity contribution in [1.82, 2.24) is 9.88 Å². The van der Waals surface area contributed by atoms with Crippen molar-refractivity contribution in [3.63, 3.8) is 0 Å². The zero-order chi connectivity index (χ0) is 24.3. The number of carbonyl (C=O) groups is 3. The quantitative estimate of drug-likeness (QED) is 0.609. The third-order valence-electron chi connectivity index (χ3n) is 4.83. The fourth-order valence-corrected chi connectivity index (χ4v) is 3.54. The number of ether oxygens (including phenoxy) is 1. The number of pyridine rings is 1. The lowest BCUT2D eigenvalue weighted by Crippen LogP contribution is -2.45. The Labute approximate surface area is 195 Å². The Bertz CT molecular complexity index is 1090. The molecule has 1 unspecified atom stereocenters. The van der Waals surface area contributed by atoms with E-state index in [9.17, 15) is 18.8 Å². The second kappa shape index (κ2) is 9.62. The van der Waals surface area contributed by atoms with Gasteiger partial charge < -0.3 is 21.1 Å². The fourth-order valence-electron chi connectivity index (χ4n) is 3.36. The van der Waals surface area contributed by atoms with E-state index in [0.717, 1.165) is 6.07 Å². The van der Waals surface area contributed by atoms with Gasteiger partial charge in [0.1, 0.15) is 23.3 Å². The van der Waals surface area contributed by atoms with Crippen LogP contribution in [-0.2, 0) is 9.53 Å². The standard InChI is InChI=1S/C22H25ClFN5O4/c1-22(2,3)33-21(32)29-10-4-5-16(29)20(31)28-17-13(8-9-26-18(17)25)19(30)27-12-6-7-15(24)14(23)11-12/h6-9,11,16H,4-5,10H2,1-3H3,(H2,25,26)(H,27,30)(H,28,31). The molecule has 0 bridgehead atoms. The lowest BCUT2D eigenvalue weighted by atomic mass is 10.1. The summed E-state index contributed by atoms with van der Waals surface area (Å²) in [7, 11) is 0. The van der Waals surface area contributed by atoms with Gasteiger partial charge in [-0.2, -0.15) is 0 Å². The van der Waals surface area contributed by atoms with Gasteiger partial charge in [0.2, 0.25) is 5.91 Å². The van der Waals surface area contributed by atoms with Crippen molar-refractivity contribution in [2.24, 2.45) is 0 Å². The van der Waals surface area contributed by atoms with Crippen LogP contribution in [0.1, 0.15) is 44.0 Å². The lowest BCUT2D eigenvalue weighted by Gasteiger charge is -2.28. The maximum atomic E-state index is 13.4. The number of nitrogens with zero attached hydrogens (tertiary/aromatic N) is 2. The van der Waals surface area contributed by atoms with Crippen molar-refractivity contribution >= 4 is 46.7 Å². The summed E-state index contributed by atoms with van der Waals surface area (Å²) in [6.07, 6.45) is 1.78. The Morgan fingerprint density at radius 2 is 1.97 bits per heavy atom. The first-order chi connectivity index (χ1) is 15.5. The zero-order valence-corrected chi connectivity index (χ0v) is 19.2. The van der Waals surface area contributed by atoms with Crippen molar-refractivity contribution in [1.29, 1.82) is 0 Å². The predicted octanol–water partition coefficient (Wildman–Crippen LogP) is 4.05. The highest BCUT2D eigenvalue weighted by Gasteiger charge is 2.37. The second-order valence-electron chi connectivity index (χ2n) is 8.52. The molecule has 2 aromatic rings. The smallest absolute Gasteiger partial charge is 0.410 e.